The number of carbonyl (C=O) groups is 2. The van der Waals surface area contributed by atoms with Crippen molar-refractivity contribution >= 4 is 11.9 Å². The topological polar surface area (TPSA) is 76.5 Å². The highest BCUT2D eigenvalue weighted by molar-refractivity contribution is 6.05. The van der Waals surface area contributed by atoms with Crippen LogP contribution in [0.1, 0.15) is 39.3 Å². The monoisotopic (exact) mass is 297 g/mol. The molecule has 0 spiro atoms. The molecule has 1 aromatic rings. The Morgan fingerprint density at radius 1 is 1.43 bits per heavy atom. The van der Waals surface area contributed by atoms with Crippen molar-refractivity contribution in [1.29, 1.82) is 0 Å². The smallest absolute Gasteiger partial charge is 0.329 e. The minimum Gasteiger partial charge on any atom is -0.480 e. The van der Waals surface area contributed by atoms with E-state index < -0.39 is 23.2 Å². The van der Waals surface area contributed by atoms with Crippen molar-refractivity contribution in [2.45, 2.75) is 39.0 Å². The highest BCUT2D eigenvalue weighted by Gasteiger charge is 2.50. The van der Waals surface area contributed by atoms with E-state index in [-0.39, 0.29) is 24.6 Å². The number of aromatic nitrogens is 1. The van der Waals surface area contributed by atoms with Crippen molar-refractivity contribution < 1.29 is 23.8 Å². The molecule has 0 aliphatic heterocycles. The summed E-state index contributed by atoms with van der Waals surface area (Å²) in [5.41, 5.74) is -1.90. The van der Waals surface area contributed by atoms with Crippen molar-refractivity contribution in [2.24, 2.45) is 5.92 Å². The van der Waals surface area contributed by atoms with E-state index in [1.54, 1.807) is 6.92 Å². The minimum absolute atomic E-state index is 0.00417. The summed E-state index contributed by atoms with van der Waals surface area (Å²) in [7, 11) is 0. The largest absolute Gasteiger partial charge is 0.480 e. The van der Waals surface area contributed by atoms with Gasteiger partial charge in [0.05, 0.1) is 18.5 Å². The van der Waals surface area contributed by atoms with Crippen LogP contribution in [-0.4, -0.2) is 28.6 Å². The molecule has 0 aromatic carbocycles. The van der Waals surface area contributed by atoms with Crippen molar-refractivity contribution in [2.75, 3.05) is 6.61 Å². The standard InChI is InChI=1S/C15H20FNO4/c1-4-21-14(20)15(13(18)19,8-7-10(2)3)12-6-5-11(16)9-17-12/h5-6,9-10H,4,7-8H2,1-3H3,(H,18,19). The highest BCUT2D eigenvalue weighted by Crippen LogP contribution is 2.32. The molecule has 0 aliphatic carbocycles. The number of carbonyl (C=O) groups excluding carboxylic acids is 1. The number of nitrogens with zero attached hydrogens (tertiary/aromatic N) is 1. The van der Waals surface area contributed by atoms with Crippen LogP contribution in [0.5, 0.6) is 0 Å². The summed E-state index contributed by atoms with van der Waals surface area (Å²) in [5, 5.41) is 9.62. The molecule has 1 aromatic heterocycles. The van der Waals surface area contributed by atoms with E-state index in [4.69, 9.17) is 4.74 Å². The van der Waals surface area contributed by atoms with E-state index in [9.17, 15) is 19.1 Å². The predicted molar refractivity (Wildman–Crippen MR) is 74.2 cm³/mol. The third-order valence-corrected chi connectivity index (χ3v) is 3.25. The van der Waals surface area contributed by atoms with E-state index in [2.05, 4.69) is 4.98 Å². The number of esters is 1. The first kappa shape index (κ1) is 17.1. The second kappa shape index (κ2) is 7.15. The number of rotatable bonds is 7. The molecule has 0 fully saturated rings. The van der Waals surface area contributed by atoms with Gasteiger partial charge < -0.3 is 9.84 Å². The molecule has 0 saturated heterocycles. The number of aliphatic carboxylic acids is 1. The van der Waals surface area contributed by atoms with Crippen molar-refractivity contribution in [3.63, 3.8) is 0 Å². The molecule has 1 heterocycles. The molecule has 0 bridgehead atoms. The number of carboxylic acid groups (broad SMARTS) is 1. The molecule has 1 unspecified atom stereocenters. The van der Waals surface area contributed by atoms with Gasteiger partial charge in [-0.25, -0.2) is 4.39 Å². The lowest BCUT2D eigenvalue weighted by Gasteiger charge is -2.27. The maximum Gasteiger partial charge on any atom is 0.329 e. The molecular formula is C15H20FNO4. The summed E-state index contributed by atoms with van der Waals surface area (Å²) < 4.78 is 17.9. The number of ether oxygens (including phenoxy) is 1. The second-order valence-electron chi connectivity index (χ2n) is 5.23. The van der Waals surface area contributed by atoms with Crippen LogP contribution in [0.2, 0.25) is 0 Å². The Bertz CT molecular complexity index is 501. The minimum atomic E-state index is -1.89. The maximum atomic E-state index is 13.0. The molecule has 0 radical (unpaired) electrons. The van der Waals surface area contributed by atoms with E-state index in [1.807, 2.05) is 13.8 Å². The average Bonchev–Trinajstić information content (AvgIpc) is 2.41. The summed E-state index contributed by atoms with van der Waals surface area (Å²) in [6, 6.07) is 2.31. The van der Waals surface area contributed by atoms with Crippen LogP contribution in [0.4, 0.5) is 4.39 Å². The molecule has 1 rings (SSSR count). The molecule has 116 valence electrons. The summed E-state index contributed by atoms with van der Waals surface area (Å²) in [6.45, 7) is 5.52. The first-order valence-electron chi connectivity index (χ1n) is 6.87. The molecule has 5 nitrogen and oxygen atoms in total. The normalized spacial score (nSPS) is 13.8. The van der Waals surface area contributed by atoms with E-state index in [0.29, 0.717) is 6.42 Å². The van der Waals surface area contributed by atoms with Gasteiger partial charge in [-0.2, -0.15) is 0 Å². The fourth-order valence-corrected chi connectivity index (χ4v) is 2.03. The quantitative estimate of drug-likeness (QED) is 0.618. The Morgan fingerprint density at radius 2 is 2.10 bits per heavy atom. The van der Waals surface area contributed by atoms with Gasteiger partial charge >= 0.3 is 11.9 Å². The molecule has 1 N–H and O–H groups in total. The van der Waals surface area contributed by atoms with Gasteiger partial charge in [0.1, 0.15) is 5.82 Å². The Balaban J connectivity index is 3.32. The molecule has 21 heavy (non-hydrogen) atoms. The van der Waals surface area contributed by atoms with Gasteiger partial charge in [0, 0.05) is 0 Å². The lowest BCUT2D eigenvalue weighted by atomic mass is 9.78. The van der Waals surface area contributed by atoms with Gasteiger partial charge in [-0.1, -0.05) is 13.8 Å². The summed E-state index contributed by atoms with van der Waals surface area (Å²) in [5.74, 6) is -2.58. The van der Waals surface area contributed by atoms with Crippen LogP contribution in [0.3, 0.4) is 0 Å². The van der Waals surface area contributed by atoms with Crippen LogP contribution in [0, 0.1) is 11.7 Å². The van der Waals surface area contributed by atoms with Crippen LogP contribution in [0.25, 0.3) is 0 Å². The lowest BCUT2D eigenvalue weighted by Crippen LogP contribution is -2.46. The molecule has 1 atom stereocenters. The molecular weight excluding hydrogens is 277 g/mol. The van der Waals surface area contributed by atoms with Crippen molar-refractivity contribution in [1.82, 2.24) is 4.98 Å². The highest BCUT2D eigenvalue weighted by atomic mass is 19.1. The van der Waals surface area contributed by atoms with Crippen LogP contribution in [0.15, 0.2) is 18.3 Å². The number of carboxylic acids is 1. The third-order valence-electron chi connectivity index (χ3n) is 3.25. The molecule has 0 amide bonds. The Hall–Kier alpha value is -1.98. The number of halogens is 1. The van der Waals surface area contributed by atoms with Gasteiger partial charge in [-0.05, 0) is 37.8 Å². The fourth-order valence-electron chi connectivity index (χ4n) is 2.03. The first-order valence-corrected chi connectivity index (χ1v) is 6.87. The fraction of sp³-hybridized carbons (Fsp3) is 0.533. The zero-order valence-corrected chi connectivity index (χ0v) is 12.4. The summed E-state index contributed by atoms with van der Waals surface area (Å²) in [4.78, 5) is 27.9. The van der Waals surface area contributed by atoms with E-state index in [1.165, 1.54) is 6.07 Å². The Morgan fingerprint density at radius 3 is 2.52 bits per heavy atom. The summed E-state index contributed by atoms with van der Waals surface area (Å²) in [6.07, 6.45) is 1.46. The molecule has 0 saturated carbocycles. The first-order chi connectivity index (χ1) is 9.84. The third kappa shape index (κ3) is 3.77. The number of pyridine rings is 1. The van der Waals surface area contributed by atoms with Gasteiger partial charge in [0.15, 0.2) is 0 Å². The number of hydrogen-bond acceptors (Lipinski definition) is 4. The van der Waals surface area contributed by atoms with Crippen LogP contribution < -0.4 is 0 Å². The predicted octanol–water partition coefficient (Wildman–Crippen LogP) is 2.54. The summed E-state index contributed by atoms with van der Waals surface area (Å²) >= 11 is 0. The van der Waals surface area contributed by atoms with E-state index in [0.717, 1.165) is 12.3 Å². The molecule has 0 aliphatic rings. The van der Waals surface area contributed by atoms with Gasteiger partial charge in [0.25, 0.3) is 0 Å². The van der Waals surface area contributed by atoms with Crippen LogP contribution >= 0.6 is 0 Å². The average molecular weight is 297 g/mol. The van der Waals surface area contributed by atoms with Gasteiger partial charge in [0.2, 0.25) is 5.41 Å². The van der Waals surface area contributed by atoms with Crippen LogP contribution in [-0.2, 0) is 19.7 Å². The van der Waals surface area contributed by atoms with Gasteiger partial charge in [-0.15, -0.1) is 0 Å². The van der Waals surface area contributed by atoms with Crippen molar-refractivity contribution in [3.8, 4) is 0 Å². The second-order valence-corrected chi connectivity index (χ2v) is 5.23. The SMILES string of the molecule is CCOC(=O)C(CCC(C)C)(C(=O)O)c1ccc(F)cn1. The van der Waals surface area contributed by atoms with Crippen molar-refractivity contribution in [3.05, 3.63) is 29.8 Å². The number of hydrogen-bond donors (Lipinski definition) is 1. The Labute approximate surface area is 123 Å². The Kier molecular flexibility index (Phi) is 5.81. The zero-order valence-electron chi connectivity index (χ0n) is 12.4. The zero-order chi connectivity index (χ0) is 16.0. The van der Waals surface area contributed by atoms with Gasteiger partial charge in [-0.3, -0.25) is 14.6 Å². The molecule has 6 heteroatoms. The van der Waals surface area contributed by atoms with E-state index >= 15 is 0 Å². The maximum absolute atomic E-state index is 13.0. The lowest BCUT2D eigenvalue weighted by molar-refractivity contribution is -0.162.